The lowest BCUT2D eigenvalue weighted by Crippen LogP contribution is -2.54. The van der Waals surface area contributed by atoms with Crippen LogP contribution in [0.15, 0.2) is 24.5 Å². The van der Waals surface area contributed by atoms with Gasteiger partial charge in [-0.1, -0.05) is 11.6 Å². The zero-order valence-electron chi connectivity index (χ0n) is 17.9. The van der Waals surface area contributed by atoms with Crippen molar-refractivity contribution in [3.63, 3.8) is 0 Å². The second-order valence-electron chi connectivity index (χ2n) is 8.52. The summed E-state index contributed by atoms with van der Waals surface area (Å²) in [6, 6.07) is 4.31. The first-order valence-electron chi connectivity index (χ1n) is 10.4. The molecule has 1 aliphatic heterocycles. The quantitative estimate of drug-likeness (QED) is 0.435. The molecule has 0 radical (unpaired) electrons. The van der Waals surface area contributed by atoms with Gasteiger partial charge < -0.3 is 19.9 Å². The molecule has 3 aromatic heterocycles. The van der Waals surface area contributed by atoms with E-state index in [1.54, 1.807) is 16.8 Å². The third-order valence-corrected chi connectivity index (χ3v) is 6.27. The van der Waals surface area contributed by atoms with Crippen molar-refractivity contribution >= 4 is 45.3 Å². The Bertz CT molecular complexity index is 1280. The van der Waals surface area contributed by atoms with Crippen LogP contribution in [-0.2, 0) is 0 Å². The highest BCUT2D eigenvalue weighted by atomic mass is 35.5. The van der Waals surface area contributed by atoms with Gasteiger partial charge in [0.15, 0.2) is 17.3 Å². The van der Waals surface area contributed by atoms with E-state index in [4.69, 9.17) is 11.6 Å². The Morgan fingerprint density at radius 2 is 1.90 bits per heavy atom. The van der Waals surface area contributed by atoms with Gasteiger partial charge in [-0.15, -0.1) is 0 Å². The molecular formula is C22H25ClFN7. The predicted octanol–water partition coefficient (Wildman–Crippen LogP) is 4.55. The number of aromatic amines is 1. The van der Waals surface area contributed by atoms with Crippen molar-refractivity contribution in [2.75, 3.05) is 23.3 Å². The third kappa shape index (κ3) is 3.49. The summed E-state index contributed by atoms with van der Waals surface area (Å²) in [5.41, 5.74) is 4.57. The molecule has 9 heteroatoms. The highest BCUT2D eigenvalue weighted by Crippen LogP contribution is 2.38. The van der Waals surface area contributed by atoms with Crippen LogP contribution in [0, 0.1) is 19.7 Å². The lowest BCUT2D eigenvalue weighted by Gasteiger charge is -2.38. The highest BCUT2D eigenvalue weighted by molar-refractivity contribution is 6.37. The van der Waals surface area contributed by atoms with E-state index in [0.717, 1.165) is 40.9 Å². The lowest BCUT2D eigenvalue weighted by atomic mass is 10.1. The Kier molecular flexibility index (Phi) is 4.79. The third-order valence-electron chi connectivity index (χ3n) is 5.80. The Hall–Kier alpha value is -2.84. The molecule has 1 fully saturated rings. The average Bonchev–Trinajstić information content (AvgIpc) is 3.27. The number of piperazine rings is 1. The van der Waals surface area contributed by atoms with Crippen molar-refractivity contribution in [1.29, 1.82) is 0 Å². The first-order valence-corrected chi connectivity index (χ1v) is 10.8. The van der Waals surface area contributed by atoms with E-state index in [2.05, 4.69) is 50.6 Å². The zero-order chi connectivity index (χ0) is 21.9. The second-order valence-corrected chi connectivity index (χ2v) is 8.90. The van der Waals surface area contributed by atoms with E-state index in [1.165, 1.54) is 6.07 Å². The molecule has 1 aliphatic rings. The summed E-state index contributed by atoms with van der Waals surface area (Å²) in [6.07, 6.45) is 3.57. The Morgan fingerprint density at radius 1 is 1.16 bits per heavy atom. The van der Waals surface area contributed by atoms with Crippen LogP contribution in [0.25, 0.3) is 16.6 Å². The minimum atomic E-state index is -0.399. The fourth-order valence-electron chi connectivity index (χ4n) is 4.55. The van der Waals surface area contributed by atoms with Crippen molar-refractivity contribution < 1.29 is 4.39 Å². The van der Waals surface area contributed by atoms with E-state index in [1.807, 2.05) is 13.8 Å². The van der Waals surface area contributed by atoms with E-state index in [9.17, 15) is 4.39 Å². The molecule has 0 bridgehead atoms. The first-order chi connectivity index (χ1) is 14.8. The van der Waals surface area contributed by atoms with Crippen LogP contribution in [0.2, 0.25) is 5.02 Å². The highest BCUT2D eigenvalue weighted by Gasteiger charge is 2.25. The molecule has 0 unspecified atom stereocenters. The van der Waals surface area contributed by atoms with Crippen LogP contribution in [0.1, 0.15) is 25.1 Å². The van der Waals surface area contributed by atoms with Crippen LogP contribution < -0.4 is 15.5 Å². The molecule has 0 aliphatic carbocycles. The van der Waals surface area contributed by atoms with Crippen LogP contribution in [0.3, 0.4) is 0 Å². The zero-order valence-corrected chi connectivity index (χ0v) is 18.7. The fraction of sp³-hybridized carbons (Fsp3) is 0.364. The number of nitrogens with zero attached hydrogens (tertiary/aromatic N) is 4. The molecule has 0 saturated carbocycles. The van der Waals surface area contributed by atoms with Gasteiger partial charge in [0.2, 0.25) is 0 Å². The number of halogens is 2. The number of nitrogens with one attached hydrogen (secondary N) is 3. The number of H-pyrrole nitrogens is 1. The summed E-state index contributed by atoms with van der Waals surface area (Å²) in [5.74, 6) is 0.164. The van der Waals surface area contributed by atoms with Crippen molar-refractivity contribution in [3.8, 4) is 0 Å². The molecule has 0 amide bonds. The molecule has 2 atom stereocenters. The van der Waals surface area contributed by atoms with Crippen LogP contribution in [0.4, 0.5) is 21.6 Å². The van der Waals surface area contributed by atoms with Gasteiger partial charge in [0.05, 0.1) is 27.3 Å². The second kappa shape index (κ2) is 7.39. The Balaban J connectivity index is 1.53. The molecule has 1 saturated heterocycles. The van der Waals surface area contributed by atoms with Gasteiger partial charge in [-0.05, 0) is 39.3 Å². The normalized spacial score (nSPS) is 19.5. The number of imidazole rings is 1. The molecule has 5 rings (SSSR count). The number of pyridine rings is 1. The summed E-state index contributed by atoms with van der Waals surface area (Å²) in [5, 5.41) is 15.7. The number of benzene rings is 1. The van der Waals surface area contributed by atoms with E-state index in [0.29, 0.717) is 34.3 Å². The summed E-state index contributed by atoms with van der Waals surface area (Å²) in [6.45, 7) is 10.1. The number of hydrogen-bond acceptors (Lipinski definition) is 5. The Morgan fingerprint density at radius 3 is 2.65 bits per heavy atom. The predicted molar refractivity (Wildman–Crippen MR) is 123 cm³/mol. The van der Waals surface area contributed by atoms with E-state index >= 15 is 0 Å². The van der Waals surface area contributed by atoms with E-state index in [-0.39, 0.29) is 0 Å². The number of fused-ring (bicyclic) bond motifs is 2. The molecule has 3 N–H and O–H groups in total. The molecular weight excluding hydrogens is 417 g/mol. The van der Waals surface area contributed by atoms with Crippen LogP contribution >= 0.6 is 11.6 Å². The molecule has 31 heavy (non-hydrogen) atoms. The maximum Gasteiger partial charge on any atom is 0.173 e. The van der Waals surface area contributed by atoms with Gasteiger partial charge in [0, 0.05) is 49.3 Å². The summed E-state index contributed by atoms with van der Waals surface area (Å²) in [7, 11) is 0. The molecule has 1 aromatic carbocycles. The van der Waals surface area contributed by atoms with Crippen molar-refractivity contribution in [1.82, 2.24) is 24.9 Å². The van der Waals surface area contributed by atoms with Crippen LogP contribution in [0.5, 0.6) is 0 Å². The number of rotatable bonds is 3. The van der Waals surface area contributed by atoms with Crippen molar-refractivity contribution in [3.05, 3.63) is 46.6 Å². The largest absolute Gasteiger partial charge is 0.368 e. The van der Waals surface area contributed by atoms with Gasteiger partial charge in [0.1, 0.15) is 0 Å². The summed E-state index contributed by atoms with van der Waals surface area (Å²) in [4.78, 5) is 6.57. The van der Waals surface area contributed by atoms with E-state index < -0.39 is 5.82 Å². The number of aryl methyl sites for hydroxylation is 1. The van der Waals surface area contributed by atoms with Crippen LogP contribution in [-0.4, -0.2) is 44.8 Å². The standard InChI is InChI=1S/C22H25ClFN7/c1-11-7-30(8-12(2)25-11)18-6-17-19(20(23)14(18)4)21(29-28-17)27-15-5-16(24)22-26-13(3)9-31(22)10-15/h5-6,9-12,25H,7-8H2,1-4H3,(H2,27,28,29)/t11-,12-/m0/s1. The maximum atomic E-state index is 14.5. The summed E-state index contributed by atoms with van der Waals surface area (Å²) >= 11 is 6.83. The molecule has 4 heterocycles. The molecule has 162 valence electrons. The fourth-order valence-corrected chi connectivity index (χ4v) is 4.84. The van der Waals surface area contributed by atoms with Gasteiger partial charge in [-0.2, -0.15) is 5.10 Å². The van der Waals surface area contributed by atoms with Crippen molar-refractivity contribution in [2.45, 2.75) is 39.8 Å². The molecule has 0 spiro atoms. The minimum absolute atomic E-state index is 0.299. The number of aromatic nitrogens is 4. The number of hydrogen-bond donors (Lipinski definition) is 3. The lowest BCUT2D eigenvalue weighted by molar-refractivity contribution is 0.407. The van der Waals surface area contributed by atoms with Gasteiger partial charge in [0.25, 0.3) is 0 Å². The number of anilines is 3. The topological polar surface area (TPSA) is 73.3 Å². The van der Waals surface area contributed by atoms with Gasteiger partial charge in [-0.25, -0.2) is 9.37 Å². The monoisotopic (exact) mass is 441 g/mol. The van der Waals surface area contributed by atoms with Gasteiger partial charge in [-0.3, -0.25) is 5.10 Å². The summed E-state index contributed by atoms with van der Waals surface area (Å²) < 4.78 is 16.1. The molecule has 7 nitrogen and oxygen atoms in total. The molecule has 4 aromatic rings. The Labute approximate surface area is 184 Å². The minimum Gasteiger partial charge on any atom is -0.368 e. The SMILES string of the molecule is Cc1cn2cc(Nc3n[nH]c4cc(N5C[C@H](C)N[C@@H](C)C5)c(C)c(Cl)c34)cc(F)c2n1. The average molecular weight is 442 g/mol. The van der Waals surface area contributed by atoms with Crippen molar-refractivity contribution in [2.24, 2.45) is 0 Å². The first kappa shape index (κ1) is 20.1. The smallest absolute Gasteiger partial charge is 0.173 e. The van der Waals surface area contributed by atoms with Gasteiger partial charge >= 0.3 is 0 Å². The maximum absolute atomic E-state index is 14.5.